The fourth-order valence-corrected chi connectivity index (χ4v) is 1.55. The highest BCUT2D eigenvalue weighted by atomic mass is 19.1. The first kappa shape index (κ1) is 9.71. The summed E-state index contributed by atoms with van der Waals surface area (Å²) in [5.41, 5.74) is 8.89. The van der Waals surface area contributed by atoms with E-state index in [1.165, 1.54) is 11.6 Å². The molecule has 0 radical (unpaired) electrons. The smallest absolute Gasteiger partial charge is 0.146 e. The quantitative estimate of drug-likeness (QED) is 0.703. The van der Waals surface area contributed by atoms with E-state index in [1.807, 2.05) is 31.2 Å². The predicted octanol–water partition coefficient (Wildman–Crippen LogP) is 3.38. The van der Waals surface area contributed by atoms with Gasteiger partial charge in [0, 0.05) is 0 Å². The number of aryl methyl sites for hydroxylation is 1. The molecule has 15 heavy (non-hydrogen) atoms. The van der Waals surface area contributed by atoms with E-state index in [2.05, 4.69) is 0 Å². The largest absolute Gasteiger partial charge is 0.396 e. The maximum Gasteiger partial charge on any atom is 0.146 e. The van der Waals surface area contributed by atoms with Crippen LogP contribution in [-0.4, -0.2) is 0 Å². The van der Waals surface area contributed by atoms with Gasteiger partial charge in [-0.3, -0.25) is 0 Å². The SMILES string of the molecule is Cc1cccc(-c2ccc(F)c(N)c2)c1. The second-order valence-corrected chi connectivity index (χ2v) is 3.61. The molecule has 0 aliphatic heterocycles. The lowest BCUT2D eigenvalue weighted by molar-refractivity contribution is 0.632. The molecule has 0 atom stereocenters. The van der Waals surface area contributed by atoms with E-state index in [-0.39, 0.29) is 11.5 Å². The van der Waals surface area contributed by atoms with Crippen molar-refractivity contribution in [3.8, 4) is 11.1 Å². The summed E-state index contributed by atoms with van der Waals surface area (Å²) in [6.07, 6.45) is 0. The summed E-state index contributed by atoms with van der Waals surface area (Å²) in [5, 5.41) is 0. The predicted molar refractivity (Wildman–Crippen MR) is 61.0 cm³/mol. The highest BCUT2D eigenvalue weighted by Crippen LogP contribution is 2.23. The summed E-state index contributed by atoms with van der Waals surface area (Å²) in [5.74, 6) is -0.369. The highest BCUT2D eigenvalue weighted by Gasteiger charge is 2.01. The standard InChI is InChI=1S/C13H12FN/c1-9-3-2-4-10(7-9)11-5-6-12(14)13(15)8-11/h2-8H,15H2,1H3. The minimum absolute atomic E-state index is 0.189. The average molecular weight is 201 g/mol. The molecule has 0 aliphatic carbocycles. The number of benzene rings is 2. The molecule has 2 aromatic rings. The Bertz CT molecular complexity index is 492. The topological polar surface area (TPSA) is 26.0 Å². The van der Waals surface area contributed by atoms with Crippen molar-refractivity contribution in [1.29, 1.82) is 0 Å². The Morgan fingerprint density at radius 2 is 1.73 bits per heavy atom. The number of hydrogen-bond donors (Lipinski definition) is 1. The van der Waals surface area contributed by atoms with Crippen LogP contribution in [0.1, 0.15) is 5.56 Å². The van der Waals surface area contributed by atoms with Crippen LogP contribution >= 0.6 is 0 Å². The average Bonchev–Trinajstić information content (AvgIpc) is 2.22. The highest BCUT2D eigenvalue weighted by molar-refractivity contribution is 5.68. The van der Waals surface area contributed by atoms with Crippen molar-refractivity contribution in [2.45, 2.75) is 6.92 Å². The second kappa shape index (κ2) is 3.73. The Labute approximate surface area is 88.4 Å². The fourth-order valence-electron chi connectivity index (χ4n) is 1.55. The van der Waals surface area contributed by atoms with Gasteiger partial charge in [-0.05, 0) is 30.2 Å². The summed E-state index contributed by atoms with van der Waals surface area (Å²) in [4.78, 5) is 0. The van der Waals surface area contributed by atoms with Gasteiger partial charge in [-0.2, -0.15) is 0 Å². The van der Waals surface area contributed by atoms with E-state index in [0.717, 1.165) is 11.1 Å². The Hall–Kier alpha value is -1.83. The van der Waals surface area contributed by atoms with Gasteiger partial charge in [-0.1, -0.05) is 35.9 Å². The third-order valence-corrected chi connectivity index (χ3v) is 2.35. The van der Waals surface area contributed by atoms with Crippen molar-refractivity contribution < 1.29 is 4.39 Å². The van der Waals surface area contributed by atoms with Crippen molar-refractivity contribution in [3.63, 3.8) is 0 Å². The van der Waals surface area contributed by atoms with E-state index in [9.17, 15) is 4.39 Å². The monoisotopic (exact) mass is 201 g/mol. The second-order valence-electron chi connectivity index (χ2n) is 3.61. The number of nitrogen functional groups attached to an aromatic ring is 1. The zero-order valence-corrected chi connectivity index (χ0v) is 8.50. The van der Waals surface area contributed by atoms with Gasteiger partial charge in [-0.15, -0.1) is 0 Å². The molecule has 0 spiro atoms. The third kappa shape index (κ3) is 1.99. The van der Waals surface area contributed by atoms with Gasteiger partial charge < -0.3 is 5.73 Å². The molecule has 2 rings (SSSR count). The first-order valence-corrected chi connectivity index (χ1v) is 4.79. The molecular weight excluding hydrogens is 189 g/mol. The van der Waals surface area contributed by atoms with Gasteiger partial charge in [0.1, 0.15) is 5.82 Å². The molecule has 2 N–H and O–H groups in total. The molecule has 0 amide bonds. The van der Waals surface area contributed by atoms with Crippen molar-refractivity contribution in [2.24, 2.45) is 0 Å². The molecule has 2 heteroatoms. The minimum Gasteiger partial charge on any atom is -0.396 e. The fraction of sp³-hybridized carbons (Fsp3) is 0.0769. The molecule has 1 nitrogen and oxygen atoms in total. The molecule has 76 valence electrons. The van der Waals surface area contributed by atoms with E-state index in [1.54, 1.807) is 12.1 Å². The third-order valence-electron chi connectivity index (χ3n) is 2.35. The lowest BCUT2D eigenvalue weighted by Gasteiger charge is -2.04. The van der Waals surface area contributed by atoms with Crippen LogP contribution in [0.15, 0.2) is 42.5 Å². The number of hydrogen-bond acceptors (Lipinski definition) is 1. The van der Waals surface area contributed by atoms with Crippen LogP contribution in [0.2, 0.25) is 0 Å². The van der Waals surface area contributed by atoms with Crippen molar-refractivity contribution in [1.82, 2.24) is 0 Å². The summed E-state index contributed by atoms with van der Waals surface area (Å²) < 4.78 is 13.0. The number of halogens is 1. The number of anilines is 1. The molecule has 0 unspecified atom stereocenters. The van der Waals surface area contributed by atoms with Crippen LogP contribution in [-0.2, 0) is 0 Å². The molecule has 0 bridgehead atoms. The number of nitrogens with two attached hydrogens (primary N) is 1. The first-order valence-electron chi connectivity index (χ1n) is 4.79. The van der Waals surface area contributed by atoms with Crippen LogP contribution < -0.4 is 5.73 Å². The van der Waals surface area contributed by atoms with Gasteiger partial charge in [0.25, 0.3) is 0 Å². The molecule has 0 aliphatic rings. The van der Waals surface area contributed by atoms with Crippen molar-refractivity contribution >= 4 is 5.69 Å². The van der Waals surface area contributed by atoms with Crippen molar-refractivity contribution in [2.75, 3.05) is 5.73 Å². The maximum atomic E-state index is 13.0. The Kier molecular flexibility index (Phi) is 2.42. The zero-order chi connectivity index (χ0) is 10.8. The summed E-state index contributed by atoms with van der Waals surface area (Å²) in [7, 11) is 0. The Morgan fingerprint density at radius 3 is 2.40 bits per heavy atom. The molecule has 0 saturated heterocycles. The minimum atomic E-state index is -0.369. The molecular formula is C13H12FN. The van der Waals surface area contributed by atoms with Crippen LogP contribution in [0.4, 0.5) is 10.1 Å². The molecule has 0 saturated carbocycles. The van der Waals surface area contributed by atoms with E-state index >= 15 is 0 Å². The summed E-state index contributed by atoms with van der Waals surface area (Å²) >= 11 is 0. The van der Waals surface area contributed by atoms with Gasteiger partial charge in [0.2, 0.25) is 0 Å². The molecule has 0 heterocycles. The van der Waals surface area contributed by atoms with Gasteiger partial charge in [0.15, 0.2) is 0 Å². The molecule has 2 aromatic carbocycles. The van der Waals surface area contributed by atoms with Crippen LogP contribution in [0.3, 0.4) is 0 Å². The van der Waals surface area contributed by atoms with Gasteiger partial charge in [0.05, 0.1) is 5.69 Å². The van der Waals surface area contributed by atoms with Gasteiger partial charge >= 0.3 is 0 Å². The van der Waals surface area contributed by atoms with Crippen LogP contribution in [0.5, 0.6) is 0 Å². The Morgan fingerprint density at radius 1 is 1.00 bits per heavy atom. The Balaban J connectivity index is 2.50. The van der Waals surface area contributed by atoms with Gasteiger partial charge in [-0.25, -0.2) is 4.39 Å². The summed E-state index contributed by atoms with van der Waals surface area (Å²) in [6.45, 7) is 2.02. The summed E-state index contributed by atoms with van der Waals surface area (Å²) in [6, 6.07) is 12.8. The number of rotatable bonds is 1. The van der Waals surface area contributed by atoms with E-state index in [0.29, 0.717) is 0 Å². The van der Waals surface area contributed by atoms with E-state index in [4.69, 9.17) is 5.73 Å². The molecule has 0 aromatic heterocycles. The normalized spacial score (nSPS) is 10.3. The molecule has 0 fully saturated rings. The van der Waals surface area contributed by atoms with Crippen LogP contribution in [0, 0.1) is 12.7 Å². The lowest BCUT2D eigenvalue weighted by atomic mass is 10.0. The van der Waals surface area contributed by atoms with Crippen LogP contribution in [0.25, 0.3) is 11.1 Å². The van der Waals surface area contributed by atoms with E-state index < -0.39 is 0 Å². The maximum absolute atomic E-state index is 13.0. The van der Waals surface area contributed by atoms with Crippen molar-refractivity contribution in [3.05, 3.63) is 53.8 Å². The lowest BCUT2D eigenvalue weighted by Crippen LogP contribution is -1.90. The zero-order valence-electron chi connectivity index (χ0n) is 8.50. The first-order chi connectivity index (χ1) is 7.16.